The highest BCUT2D eigenvalue weighted by molar-refractivity contribution is 9.11. The van der Waals surface area contributed by atoms with Gasteiger partial charge in [-0.05, 0) is 33.6 Å². The molecule has 0 radical (unpaired) electrons. The quantitative estimate of drug-likeness (QED) is 0.709. The van der Waals surface area contributed by atoms with Crippen LogP contribution in [0.25, 0.3) is 0 Å². The topological polar surface area (TPSA) is 69.9 Å². The van der Waals surface area contributed by atoms with E-state index < -0.39 is 12.0 Å². The lowest BCUT2D eigenvalue weighted by Gasteiger charge is -2.08. The molecule has 0 amide bonds. The number of carboxylic acid groups (broad SMARTS) is 1. The van der Waals surface area contributed by atoms with Gasteiger partial charge in [-0.15, -0.1) is 0 Å². The molecular weight excluding hydrogens is 414 g/mol. The molecule has 0 aliphatic carbocycles. The maximum absolute atomic E-state index is 11.3. The molecule has 0 saturated carbocycles. The molecule has 2 aromatic carbocycles. The first kappa shape index (κ1) is 16.7. The summed E-state index contributed by atoms with van der Waals surface area (Å²) in [6, 6.07) is 11.8. The summed E-state index contributed by atoms with van der Waals surface area (Å²) >= 11 is 6.55. The zero-order valence-electron chi connectivity index (χ0n) is 11.4. The number of benzene rings is 2. The van der Waals surface area contributed by atoms with Gasteiger partial charge in [0.25, 0.3) is 0 Å². The van der Waals surface area contributed by atoms with Crippen LogP contribution in [0.5, 0.6) is 5.75 Å². The van der Waals surface area contributed by atoms with Crippen LogP contribution in [-0.2, 0) is 11.2 Å². The third kappa shape index (κ3) is 4.42. The molecule has 4 nitrogen and oxygen atoms in total. The Bertz CT molecular complexity index is 702. The molecule has 0 saturated heterocycles. The number of aromatic hydroxyl groups is 1. The van der Waals surface area contributed by atoms with Gasteiger partial charge in [-0.3, -0.25) is 4.99 Å². The molecule has 0 heterocycles. The molecule has 2 rings (SSSR count). The van der Waals surface area contributed by atoms with Crippen molar-refractivity contribution >= 4 is 44.0 Å². The van der Waals surface area contributed by atoms with Gasteiger partial charge in [-0.2, -0.15) is 0 Å². The van der Waals surface area contributed by atoms with E-state index in [-0.39, 0.29) is 5.75 Å². The summed E-state index contributed by atoms with van der Waals surface area (Å²) in [5.74, 6) is -0.982. The van der Waals surface area contributed by atoms with Crippen LogP contribution in [0, 0.1) is 0 Å². The molecule has 0 aliphatic heterocycles. The third-order valence-electron chi connectivity index (χ3n) is 3.01. The fourth-order valence-corrected chi connectivity index (χ4v) is 3.15. The van der Waals surface area contributed by atoms with Crippen molar-refractivity contribution in [2.24, 2.45) is 4.99 Å². The number of carbonyl (C=O) groups is 1. The molecule has 114 valence electrons. The van der Waals surface area contributed by atoms with E-state index in [1.54, 1.807) is 12.1 Å². The van der Waals surface area contributed by atoms with Gasteiger partial charge < -0.3 is 10.2 Å². The first-order chi connectivity index (χ1) is 10.5. The molecule has 22 heavy (non-hydrogen) atoms. The van der Waals surface area contributed by atoms with Gasteiger partial charge in [0.2, 0.25) is 0 Å². The van der Waals surface area contributed by atoms with Crippen LogP contribution in [0.15, 0.2) is 56.4 Å². The Labute approximate surface area is 144 Å². The van der Waals surface area contributed by atoms with Crippen LogP contribution >= 0.6 is 31.9 Å². The van der Waals surface area contributed by atoms with Crippen molar-refractivity contribution in [2.45, 2.75) is 12.5 Å². The van der Waals surface area contributed by atoms with Gasteiger partial charge in [0.05, 0.1) is 4.47 Å². The number of carboxylic acids is 1. The molecule has 0 fully saturated rings. The van der Waals surface area contributed by atoms with E-state index in [1.807, 2.05) is 30.3 Å². The molecular formula is C16H13Br2NO3. The van der Waals surface area contributed by atoms with E-state index in [4.69, 9.17) is 0 Å². The molecule has 1 atom stereocenters. The average Bonchev–Trinajstić information content (AvgIpc) is 2.48. The Balaban J connectivity index is 2.23. The maximum Gasteiger partial charge on any atom is 0.328 e. The summed E-state index contributed by atoms with van der Waals surface area (Å²) < 4.78 is 1.27. The highest BCUT2D eigenvalue weighted by atomic mass is 79.9. The number of rotatable bonds is 5. The Morgan fingerprint density at radius 1 is 1.23 bits per heavy atom. The maximum atomic E-state index is 11.3. The molecule has 0 spiro atoms. The standard InChI is InChI=1S/C16H13Br2NO3/c17-12-7-11(15(20)13(18)8-12)9-19-14(16(21)22)6-10-4-2-1-3-5-10/h1-5,7-9,14,20H,6H2,(H,21,22)/t14-/m0/s1. The van der Waals surface area contributed by atoms with E-state index in [9.17, 15) is 15.0 Å². The van der Waals surface area contributed by atoms with Crippen LogP contribution in [0.2, 0.25) is 0 Å². The largest absolute Gasteiger partial charge is 0.506 e. The predicted octanol–water partition coefficient (Wildman–Crippen LogP) is 4.03. The Morgan fingerprint density at radius 2 is 1.91 bits per heavy atom. The normalized spacial score (nSPS) is 12.5. The summed E-state index contributed by atoms with van der Waals surface area (Å²) in [6.45, 7) is 0. The summed E-state index contributed by atoms with van der Waals surface area (Å²) in [7, 11) is 0. The van der Waals surface area contributed by atoms with E-state index >= 15 is 0 Å². The van der Waals surface area contributed by atoms with Gasteiger partial charge in [0.15, 0.2) is 6.04 Å². The van der Waals surface area contributed by atoms with Gasteiger partial charge in [0, 0.05) is 22.7 Å². The second-order valence-corrected chi connectivity index (χ2v) is 6.42. The Morgan fingerprint density at radius 3 is 2.55 bits per heavy atom. The first-order valence-corrected chi connectivity index (χ1v) is 8.04. The summed E-state index contributed by atoms with van der Waals surface area (Å²) in [5, 5.41) is 19.3. The summed E-state index contributed by atoms with van der Waals surface area (Å²) in [6.07, 6.45) is 1.68. The highest BCUT2D eigenvalue weighted by Crippen LogP contribution is 2.30. The lowest BCUT2D eigenvalue weighted by molar-refractivity contribution is -0.138. The molecule has 0 unspecified atom stereocenters. The van der Waals surface area contributed by atoms with Crippen molar-refractivity contribution in [1.29, 1.82) is 0 Å². The molecule has 0 aliphatic rings. The Hall–Kier alpha value is -1.66. The molecule has 2 N–H and O–H groups in total. The SMILES string of the molecule is O=C(O)[C@H](Cc1ccccc1)N=Cc1cc(Br)cc(Br)c1O. The minimum Gasteiger partial charge on any atom is -0.506 e. The summed E-state index contributed by atoms with van der Waals surface area (Å²) in [4.78, 5) is 15.5. The minimum absolute atomic E-state index is 0.0239. The van der Waals surface area contributed by atoms with Crippen molar-refractivity contribution in [2.75, 3.05) is 0 Å². The van der Waals surface area contributed by atoms with Gasteiger partial charge in [-0.1, -0.05) is 46.3 Å². The second-order valence-electron chi connectivity index (χ2n) is 4.65. The van der Waals surface area contributed by atoms with Crippen molar-refractivity contribution in [3.63, 3.8) is 0 Å². The van der Waals surface area contributed by atoms with Gasteiger partial charge >= 0.3 is 5.97 Å². The number of phenolic OH excluding ortho intramolecular Hbond substituents is 1. The van der Waals surface area contributed by atoms with E-state index in [2.05, 4.69) is 36.9 Å². The van der Waals surface area contributed by atoms with Gasteiger partial charge in [0.1, 0.15) is 5.75 Å². The van der Waals surface area contributed by atoms with Crippen molar-refractivity contribution in [3.8, 4) is 5.75 Å². The predicted molar refractivity (Wildman–Crippen MR) is 92.7 cm³/mol. The molecule has 0 bridgehead atoms. The Kier molecular flexibility index (Phi) is 5.74. The zero-order valence-corrected chi connectivity index (χ0v) is 14.6. The van der Waals surface area contributed by atoms with Crippen molar-refractivity contribution in [3.05, 3.63) is 62.5 Å². The van der Waals surface area contributed by atoms with E-state index in [1.165, 1.54) is 6.21 Å². The second kappa shape index (κ2) is 7.56. The number of aliphatic imine (C=N–C) groups is 1. The number of nitrogens with zero attached hydrogens (tertiary/aromatic N) is 1. The monoisotopic (exact) mass is 425 g/mol. The van der Waals surface area contributed by atoms with E-state index in [0.717, 1.165) is 10.0 Å². The van der Waals surface area contributed by atoms with E-state index in [0.29, 0.717) is 16.5 Å². The van der Waals surface area contributed by atoms with Crippen molar-refractivity contribution in [1.82, 2.24) is 0 Å². The molecule has 0 aromatic heterocycles. The average molecular weight is 427 g/mol. The lowest BCUT2D eigenvalue weighted by atomic mass is 10.1. The van der Waals surface area contributed by atoms with Crippen molar-refractivity contribution < 1.29 is 15.0 Å². The number of halogens is 2. The molecule has 2 aromatic rings. The minimum atomic E-state index is -1.01. The van der Waals surface area contributed by atoms with Crippen LogP contribution in [0.1, 0.15) is 11.1 Å². The third-order valence-corrected chi connectivity index (χ3v) is 4.07. The van der Waals surface area contributed by atoms with Crippen LogP contribution in [0.3, 0.4) is 0 Å². The highest BCUT2D eigenvalue weighted by Gasteiger charge is 2.16. The number of hydrogen-bond acceptors (Lipinski definition) is 3. The van der Waals surface area contributed by atoms with Crippen LogP contribution < -0.4 is 0 Å². The van der Waals surface area contributed by atoms with Crippen LogP contribution in [0.4, 0.5) is 0 Å². The van der Waals surface area contributed by atoms with Crippen LogP contribution in [-0.4, -0.2) is 28.4 Å². The number of aliphatic carboxylic acids is 1. The molecule has 6 heteroatoms. The fourth-order valence-electron chi connectivity index (χ4n) is 1.90. The summed E-state index contributed by atoms with van der Waals surface area (Å²) in [5.41, 5.74) is 1.34. The van der Waals surface area contributed by atoms with Gasteiger partial charge in [-0.25, -0.2) is 4.79 Å². The smallest absolute Gasteiger partial charge is 0.328 e. The first-order valence-electron chi connectivity index (χ1n) is 6.45. The lowest BCUT2D eigenvalue weighted by Crippen LogP contribution is -2.20. The zero-order chi connectivity index (χ0) is 16.1. The number of hydrogen-bond donors (Lipinski definition) is 2. The fraction of sp³-hybridized carbons (Fsp3) is 0.125. The number of phenols is 1.